The minimum Gasteiger partial charge on any atom is -0.507 e. The maximum absolute atomic E-state index is 13.7. The first-order chi connectivity index (χ1) is 19.2. The normalized spacial score (nSPS) is 14.3. The molecule has 0 spiro atoms. The molecule has 1 aliphatic rings. The van der Waals surface area contributed by atoms with E-state index in [1.54, 1.807) is 30.3 Å². The number of carbonyl (C=O) groups is 1. The molecule has 0 aliphatic carbocycles. The van der Waals surface area contributed by atoms with Gasteiger partial charge >= 0.3 is 5.97 Å². The molecule has 1 aromatic heterocycles. The standard InChI is InChI=1S/C31H28O9/c1-16(2)14-38-23-9-7-17(10-25(23)37-5)19-12-27(33)40-26-13-21(32)29-30(34)20(15-39-31(29)28(19)26)18-6-8-22(35-3)24(11-18)36-4/h6-11,13,15,19,32H,1,12,14H2,2-5H3. The average Bonchev–Trinajstić information content (AvgIpc) is 2.94. The highest BCUT2D eigenvalue weighted by molar-refractivity contribution is 5.94. The van der Waals surface area contributed by atoms with E-state index in [1.165, 1.54) is 33.7 Å². The van der Waals surface area contributed by atoms with E-state index in [2.05, 4.69) is 6.58 Å². The van der Waals surface area contributed by atoms with Crippen LogP contribution in [0, 0.1) is 0 Å². The molecule has 0 fully saturated rings. The molecule has 0 amide bonds. The second kappa shape index (κ2) is 10.7. The van der Waals surface area contributed by atoms with Crippen LogP contribution in [-0.4, -0.2) is 39.0 Å². The molecule has 0 bridgehead atoms. The van der Waals surface area contributed by atoms with Crippen LogP contribution in [-0.2, 0) is 4.79 Å². The molecule has 1 N–H and O–H groups in total. The number of hydrogen-bond acceptors (Lipinski definition) is 9. The molecular weight excluding hydrogens is 516 g/mol. The van der Waals surface area contributed by atoms with Crippen molar-refractivity contribution in [2.45, 2.75) is 19.3 Å². The van der Waals surface area contributed by atoms with Crippen LogP contribution in [0.1, 0.15) is 30.4 Å². The predicted octanol–water partition coefficient (Wildman–Crippen LogP) is 5.59. The van der Waals surface area contributed by atoms with E-state index in [-0.39, 0.29) is 34.5 Å². The Hall–Kier alpha value is -4.92. The Bertz CT molecular complexity index is 1700. The second-order valence-corrected chi connectivity index (χ2v) is 9.45. The van der Waals surface area contributed by atoms with Crippen LogP contribution >= 0.6 is 0 Å². The summed E-state index contributed by atoms with van der Waals surface area (Å²) in [5.41, 5.74) is 2.45. The molecule has 0 saturated carbocycles. The maximum atomic E-state index is 13.7. The minimum atomic E-state index is -0.543. The third-order valence-electron chi connectivity index (χ3n) is 6.73. The smallest absolute Gasteiger partial charge is 0.312 e. The van der Waals surface area contributed by atoms with Crippen LogP contribution in [0.25, 0.3) is 22.1 Å². The number of methoxy groups -OCH3 is 3. The van der Waals surface area contributed by atoms with Gasteiger partial charge in [-0.05, 0) is 47.9 Å². The van der Waals surface area contributed by atoms with Gasteiger partial charge in [0.15, 0.2) is 23.0 Å². The van der Waals surface area contributed by atoms with Gasteiger partial charge in [0.05, 0.1) is 33.3 Å². The lowest BCUT2D eigenvalue weighted by Crippen LogP contribution is -2.22. The van der Waals surface area contributed by atoms with E-state index in [9.17, 15) is 14.7 Å². The van der Waals surface area contributed by atoms with E-state index >= 15 is 0 Å². The molecule has 2 heterocycles. The Morgan fingerprint density at radius 3 is 2.38 bits per heavy atom. The zero-order valence-corrected chi connectivity index (χ0v) is 22.5. The highest BCUT2D eigenvalue weighted by Crippen LogP contribution is 2.47. The highest BCUT2D eigenvalue weighted by atomic mass is 16.5. The van der Waals surface area contributed by atoms with Gasteiger partial charge in [-0.25, -0.2) is 0 Å². The third kappa shape index (κ3) is 4.70. The Kier molecular flexibility index (Phi) is 7.13. The topological polar surface area (TPSA) is 114 Å². The lowest BCUT2D eigenvalue weighted by molar-refractivity contribution is -0.135. The number of carbonyl (C=O) groups excluding carboxylic acids is 1. The molecule has 1 atom stereocenters. The molecule has 9 heteroatoms. The van der Waals surface area contributed by atoms with Gasteiger partial charge in [0.1, 0.15) is 35.3 Å². The molecule has 0 radical (unpaired) electrons. The fourth-order valence-electron chi connectivity index (χ4n) is 4.84. The summed E-state index contributed by atoms with van der Waals surface area (Å²) in [5, 5.41) is 10.9. The number of aromatic hydroxyl groups is 1. The molecule has 1 unspecified atom stereocenters. The second-order valence-electron chi connectivity index (χ2n) is 9.45. The Morgan fingerprint density at radius 1 is 0.975 bits per heavy atom. The lowest BCUT2D eigenvalue weighted by Gasteiger charge is -2.26. The van der Waals surface area contributed by atoms with Crippen molar-refractivity contribution in [2.24, 2.45) is 0 Å². The first-order valence-corrected chi connectivity index (χ1v) is 12.4. The molecule has 1 aliphatic heterocycles. The quantitative estimate of drug-likeness (QED) is 0.172. The summed E-state index contributed by atoms with van der Waals surface area (Å²) >= 11 is 0. The molecule has 206 valence electrons. The van der Waals surface area contributed by atoms with Gasteiger partial charge in [-0.15, -0.1) is 0 Å². The fourth-order valence-corrected chi connectivity index (χ4v) is 4.84. The van der Waals surface area contributed by atoms with Gasteiger partial charge in [0.2, 0.25) is 5.43 Å². The number of esters is 1. The Labute approximate surface area is 230 Å². The van der Waals surface area contributed by atoms with Gasteiger partial charge in [0, 0.05) is 17.5 Å². The van der Waals surface area contributed by atoms with Gasteiger partial charge < -0.3 is 33.2 Å². The number of fused-ring (bicyclic) bond motifs is 3. The molecule has 3 aromatic carbocycles. The molecule has 5 rings (SSSR count). The number of rotatable bonds is 8. The molecule has 9 nitrogen and oxygen atoms in total. The summed E-state index contributed by atoms with van der Waals surface area (Å²) in [6, 6.07) is 11.7. The molecule has 0 saturated heterocycles. The van der Waals surface area contributed by atoms with Crippen LogP contribution in [0.4, 0.5) is 0 Å². The summed E-state index contributed by atoms with van der Waals surface area (Å²) in [6.07, 6.45) is 1.32. The van der Waals surface area contributed by atoms with Crippen LogP contribution in [0.2, 0.25) is 0 Å². The first-order valence-electron chi connectivity index (χ1n) is 12.4. The van der Waals surface area contributed by atoms with E-state index in [4.69, 9.17) is 28.1 Å². The van der Waals surface area contributed by atoms with E-state index in [0.29, 0.717) is 40.7 Å². The van der Waals surface area contributed by atoms with E-state index in [1.807, 2.05) is 13.0 Å². The zero-order chi connectivity index (χ0) is 28.6. The Balaban J connectivity index is 1.66. The molecule has 4 aromatic rings. The number of phenolic OH excluding ortho intramolecular Hbond substituents is 1. The number of ether oxygens (including phenoxy) is 5. The van der Waals surface area contributed by atoms with Gasteiger partial charge in [-0.2, -0.15) is 0 Å². The average molecular weight is 545 g/mol. The first kappa shape index (κ1) is 26.7. The summed E-state index contributed by atoms with van der Waals surface area (Å²) in [6.45, 7) is 6.03. The van der Waals surface area contributed by atoms with Crippen molar-refractivity contribution >= 4 is 16.9 Å². The van der Waals surface area contributed by atoms with Crippen molar-refractivity contribution < 1.29 is 38.0 Å². The highest BCUT2D eigenvalue weighted by Gasteiger charge is 2.34. The van der Waals surface area contributed by atoms with Gasteiger partial charge in [-0.1, -0.05) is 18.7 Å². The zero-order valence-electron chi connectivity index (χ0n) is 22.5. The summed E-state index contributed by atoms with van der Waals surface area (Å²) in [7, 11) is 4.54. The number of benzene rings is 3. The van der Waals surface area contributed by atoms with Gasteiger partial charge in [0.25, 0.3) is 0 Å². The van der Waals surface area contributed by atoms with Crippen molar-refractivity contribution in [3.8, 4) is 45.6 Å². The van der Waals surface area contributed by atoms with E-state index in [0.717, 1.165) is 11.1 Å². The van der Waals surface area contributed by atoms with Crippen molar-refractivity contribution in [2.75, 3.05) is 27.9 Å². The van der Waals surface area contributed by atoms with E-state index < -0.39 is 17.3 Å². The minimum absolute atomic E-state index is 0.0108. The van der Waals surface area contributed by atoms with Crippen molar-refractivity contribution in [1.29, 1.82) is 0 Å². The monoisotopic (exact) mass is 544 g/mol. The van der Waals surface area contributed by atoms with Crippen molar-refractivity contribution in [3.63, 3.8) is 0 Å². The van der Waals surface area contributed by atoms with Crippen LogP contribution in [0.15, 0.2) is 70.1 Å². The molecule has 40 heavy (non-hydrogen) atoms. The lowest BCUT2D eigenvalue weighted by atomic mass is 9.84. The van der Waals surface area contributed by atoms with Crippen LogP contribution in [0.3, 0.4) is 0 Å². The number of hydrogen-bond donors (Lipinski definition) is 1. The van der Waals surface area contributed by atoms with Crippen molar-refractivity contribution in [1.82, 2.24) is 0 Å². The molecular formula is C31H28O9. The van der Waals surface area contributed by atoms with Crippen LogP contribution < -0.4 is 29.1 Å². The Morgan fingerprint density at radius 2 is 1.68 bits per heavy atom. The summed E-state index contributed by atoms with van der Waals surface area (Å²) < 4.78 is 33.5. The fraction of sp³-hybridized carbons (Fsp3) is 0.226. The summed E-state index contributed by atoms with van der Waals surface area (Å²) in [4.78, 5) is 26.3. The maximum Gasteiger partial charge on any atom is 0.312 e. The largest absolute Gasteiger partial charge is 0.507 e. The predicted molar refractivity (Wildman–Crippen MR) is 148 cm³/mol. The third-order valence-corrected chi connectivity index (χ3v) is 6.73. The summed E-state index contributed by atoms with van der Waals surface area (Å²) in [5.74, 6) is 0.666. The van der Waals surface area contributed by atoms with Gasteiger partial charge in [-0.3, -0.25) is 9.59 Å². The number of phenols is 1. The van der Waals surface area contributed by atoms with Crippen molar-refractivity contribution in [3.05, 3.63) is 82.2 Å². The van der Waals surface area contributed by atoms with Crippen LogP contribution in [0.5, 0.6) is 34.5 Å². The SMILES string of the molecule is C=C(C)COc1ccc(C2CC(=O)Oc3cc(O)c4c(=O)c(-c5ccc(OC)c(OC)c5)coc4c32)cc1OC.